The van der Waals surface area contributed by atoms with Gasteiger partial charge in [0, 0.05) is 4.47 Å². The van der Waals surface area contributed by atoms with Gasteiger partial charge in [0.1, 0.15) is 0 Å². The fraction of sp³-hybridized carbons (Fsp3) is 0.125. The van der Waals surface area contributed by atoms with Crippen molar-refractivity contribution in [2.24, 2.45) is 0 Å². The van der Waals surface area contributed by atoms with Gasteiger partial charge in [-0.15, -0.1) is 0 Å². The second kappa shape index (κ2) is 3.49. The molecule has 0 fully saturated rings. The van der Waals surface area contributed by atoms with Gasteiger partial charge in [0.25, 0.3) is 0 Å². The Balaban J connectivity index is 3.53. The predicted octanol–water partition coefficient (Wildman–Crippen LogP) is 3.07. The number of hydrogen-bond donors (Lipinski definition) is 0. The van der Waals surface area contributed by atoms with Gasteiger partial charge in [-0.1, -0.05) is 0 Å². The van der Waals surface area contributed by atoms with Gasteiger partial charge in [-0.3, -0.25) is 4.79 Å². The van der Waals surface area contributed by atoms with Crippen molar-refractivity contribution >= 4 is 21.7 Å². The third-order valence-electron chi connectivity index (χ3n) is 1.47. The highest BCUT2D eigenvalue weighted by molar-refractivity contribution is 9.10. The molecule has 0 saturated carbocycles. The number of halogens is 4. The minimum Gasteiger partial charge on any atom is -0.294 e. The zero-order chi connectivity index (χ0) is 10.2. The van der Waals surface area contributed by atoms with Crippen LogP contribution in [-0.2, 0) is 0 Å². The van der Waals surface area contributed by atoms with Crippen molar-refractivity contribution in [3.8, 4) is 0 Å². The van der Waals surface area contributed by atoms with Crippen molar-refractivity contribution in [2.75, 3.05) is 0 Å². The van der Waals surface area contributed by atoms with Crippen LogP contribution in [-0.4, -0.2) is 5.78 Å². The highest BCUT2D eigenvalue weighted by atomic mass is 79.9. The van der Waals surface area contributed by atoms with Crippen molar-refractivity contribution in [1.82, 2.24) is 0 Å². The molecule has 0 aliphatic heterocycles. The Hall–Kier alpha value is -0.840. The van der Waals surface area contributed by atoms with Crippen LogP contribution in [0.5, 0.6) is 0 Å². The Bertz CT molecular complexity index is 376. The van der Waals surface area contributed by atoms with E-state index in [1.165, 1.54) is 0 Å². The summed E-state index contributed by atoms with van der Waals surface area (Å²) in [4.78, 5) is 10.8. The highest BCUT2D eigenvalue weighted by Gasteiger charge is 2.19. The highest BCUT2D eigenvalue weighted by Crippen LogP contribution is 2.24. The van der Waals surface area contributed by atoms with Gasteiger partial charge in [0.15, 0.2) is 23.2 Å². The normalized spacial score (nSPS) is 10.2. The van der Waals surface area contributed by atoms with Crippen LogP contribution in [0.3, 0.4) is 0 Å². The molecule has 1 nitrogen and oxygen atoms in total. The first-order valence-electron chi connectivity index (χ1n) is 3.29. The second-order valence-electron chi connectivity index (χ2n) is 2.40. The Morgan fingerprint density at radius 3 is 2.31 bits per heavy atom. The molecule has 0 N–H and O–H groups in total. The summed E-state index contributed by atoms with van der Waals surface area (Å²) in [7, 11) is 0. The van der Waals surface area contributed by atoms with E-state index in [0.717, 1.165) is 13.0 Å². The predicted molar refractivity (Wildman–Crippen MR) is 44.0 cm³/mol. The molecule has 0 aliphatic carbocycles. The first-order chi connectivity index (χ1) is 5.95. The molecule has 5 heteroatoms. The Kier molecular flexibility index (Phi) is 2.75. The number of benzene rings is 1. The number of rotatable bonds is 1. The number of ketones is 1. The maximum Gasteiger partial charge on any atom is 0.195 e. The molecule has 0 saturated heterocycles. The maximum absolute atomic E-state index is 12.9. The number of hydrogen-bond acceptors (Lipinski definition) is 1. The van der Waals surface area contributed by atoms with E-state index in [9.17, 15) is 18.0 Å². The van der Waals surface area contributed by atoms with Gasteiger partial charge < -0.3 is 0 Å². The molecule has 0 aliphatic rings. The summed E-state index contributed by atoms with van der Waals surface area (Å²) in [5.41, 5.74) is -0.473. The molecule has 70 valence electrons. The molecular weight excluding hydrogens is 249 g/mol. The van der Waals surface area contributed by atoms with Crippen molar-refractivity contribution in [3.05, 3.63) is 33.6 Å². The molecule has 0 spiro atoms. The van der Waals surface area contributed by atoms with Crippen LogP contribution in [0.2, 0.25) is 0 Å². The average molecular weight is 253 g/mol. The van der Waals surface area contributed by atoms with Crippen LogP contribution < -0.4 is 0 Å². The minimum atomic E-state index is -1.63. The van der Waals surface area contributed by atoms with Gasteiger partial charge in [-0.05, 0) is 28.9 Å². The zero-order valence-corrected chi connectivity index (χ0v) is 8.08. The summed E-state index contributed by atoms with van der Waals surface area (Å²) in [5, 5.41) is 0. The molecule has 0 radical (unpaired) electrons. The smallest absolute Gasteiger partial charge is 0.195 e. The fourth-order valence-electron chi connectivity index (χ4n) is 0.889. The Morgan fingerprint density at radius 1 is 1.31 bits per heavy atom. The molecule has 0 heterocycles. The van der Waals surface area contributed by atoms with Crippen molar-refractivity contribution in [3.63, 3.8) is 0 Å². The Morgan fingerprint density at radius 2 is 1.85 bits per heavy atom. The second-order valence-corrected chi connectivity index (χ2v) is 3.25. The molecule has 1 aromatic rings. The quantitative estimate of drug-likeness (QED) is 0.427. The van der Waals surface area contributed by atoms with Crippen LogP contribution in [0.1, 0.15) is 17.3 Å². The lowest BCUT2D eigenvalue weighted by Crippen LogP contribution is -2.03. The van der Waals surface area contributed by atoms with E-state index in [2.05, 4.69) is 15.9 Å². The van der Waals surface area contributed by atoms with E-state index < -0.39 is 28.8 Å². The lowest BCUT2D eigenvalue weighted by Gasteiger charge is -2.03. The summed E-state index contributed by atoms with van der Waals surface area (Å²) in [5.74, 6) is -5.08. The lowest BCUT2D eigenvalue weighted by molar-refractivity contribution is 0.101. The SMILES string of the molecule is CC(=O)c1c(Br)cc(F)c(F)c1F. The molecule has 0 amide bonds. The summed E-state index contributed by atoms with van der Waals surface area (Å²) < 4.78 is 38.0. The van der Waals surface area contributed by atoms with E-state index in [0.29, 0.717) is 0 Å². The largest absolute Gasteiger partial charge is 0.294 e. The first kappa shape index (κ1) is 10.2. The molecule has 1 rings (SSSR count). The lowest BCUT2D eigenvalue weighted by atomic mass is 10.1. The topological polar surface area (TPSA) is 17.1 Å². The van der Waals surface area contributed by atoms with E-state index in [4.69, 9.17) is 0 Å². The third-order valence-corrected chi connectivity index (χ3v) is 2.09. The molecule has 13 heavy (non-hydrogen) atoms. The standard InChI is InChI=1S/C8H4BrF3O/c1-3(13)6-4(9)2-5(10)7(11)8(6)12/h2H,1H3. The van der Waals surface area contributed by atoms with Crippen LogP contribution in [0.15, 0.2) is 10.5 Å². The van der Waals surface area contributed by atoms with Crippen LogP contribution >= 0.6 is 15.9 Å². The van der Waals surface area contributed by atoms with E-state index in [1.54, 1.807) is 0 Å². The first-order valence-corrected chi connectivity index (χ1v) is 4.08. The van der Waals surface area contributed by atoms with Crippen LogP contribution in [0, 0.1) is 17.5 Å². The molecular formula is C8H4BrF3O. The van der Waals surface area contributed by atoms with Crippen molar-refractivity contribution < 1.29 is 18.0 Å². The summed E-state index contributed by atoms with van der Waals surface area (Å²) >= 11 is 2.77. The van der Waals surface area contributed by atoms with Crippen molar-refractivity contribution in [1.29, 1.82) is 0 Å². The molecule has 1 aromatic carbocycles. The maximum atomic E-state index is 12.9. The van der Waals surface area contributed by atoms with Gasteiger partial charge >= 0.3 is 0 Å². The zero-order valence-electron chi connectivity index (χ0n) is 6.50. The number of carbonyl (C=O) groups excluding carboxylic acids is 1. The van der Waals surface area contributed by atoms with Gasteiger partial charge in [-0.2, -0.15) is 0 Å². The van der Waals surface area contributed by atoms with Crippen molar-refractivity contribution in [2.45, 2.75) is 6.92 Å². The molecule has 0 bridgehead atoms. The Labute approximate surface area is 80.7 Å². The number of Topliss-reactive ketones (excluding diaryl/α,β-unsaturated/α-hetero) is 1. The third kappa shape index (κ3) is 1.75. The summed E-state index contributed by atoms with van der Waals surface area (Å²) in [6.07, 6.45) is 0. The average Bonchev–Trinajstić information content (AvgIpc) is 1.99. The van der Waals surface area contributed by atoms with Crippen LogP contribution in [0.4, 0.5) is 13.2 Å². The molecule has 0 aromatic heterocycles. The summed E-state index contributed by atoms with van der Waals surface area (Å²) in [6.45, 7) is 1.07. The minimum absolute atomic E-state index is 0.0867. The molecule has 0 atom stereocenters. The summed E-state index contributed by atoms with van der Waals surface area (Å²) in [6, 6.07) is 0.717. The van der Waals surface area contributed by atoms with Gasteiger partial charge in [0.05, 0.1) is 5.56 Å². The van der Waals surface area contributed by atoms with Gasteiger partial charge in [-0.25, -0.2) is 13.2 Å². The monoisotopic (exact) mass is 252 g/mol. The molecule has 0 unspecified atom stereocenters. The fourth-order valence-corrected chi connectivity index (χ4v) is 1.54. The van der Waals surface area contributed by atoms with E-state index >= 15 is 0 Å². The van der Waals surface area contributed by atoms with E-state index in [1.807, 2.05) is 0 Å². The van der Waals surface area contributed by atoms with Crippen LogP contribution in [0.25, 0.3) is 0 Å². The van der Waals surface area contributed by atoms with Gasteiger partial charge in [0.2, 0.25) is 0 Å². The number of carbonyl (C=O) groups is 1. The van der Waals surface area contributed by atoms with E-state index in [-0.39, 0.29) is 4.47 Å².